The van der Waals surface area contributed by atoms with Gasteiger partial charge in [-0.05, 0) is 131 Å². The van der Waals surface area contributed by atoms with E-state index in [1.54, 1.807) is 24.3 Å². The molecule has 4 heterocycles. The molecule has 22 heteroatoms. The minimum Gasteiger partial charge on any atom is -0.396 e. The number of nitrogens with zero attached hydrogens (tertiary/aromatic N) is 2. The number of aliphatic hydroxyl groups is 2. The van der Waals surface area contributed by atoms with E-state index in [-0.39, 0.29) is 72.8 Å². The van der Waals surface area contributed by atoms with E-state index in [1.807, 2.05) is 156 Å². The Balaban J connectivity index is 0.000000165. The normalized spacial score (nSPS) is 16.1. The Morgan fingerprint density at radius 1 is 0.495 bits per heavy atom. The quantitative estimate of drug-likeness (QED) is 0.0239. The van der Waals surface area contributed by atoms with E-state index in [0.717, 1.165) is 44.4 Å². The largest absolute Gasteiger partial charge is 0.586 e. The van der Waals surface area contributed by atoms with E-state index < -0.39 is 63.3 Å². The Morgan fingerprint density at radius 2 is 0.864 bits per heavy atom. The fourth-order valence-electron chi connectivity index (χ4n) is 13.1. The van der Waals surface area contributed by atoms with Crippen LogP contribution in [0.15, 0.2) is 194 Å². The molecule has 103 heavy (non-hydrogen) atoms. The van der Waals surface area contributed by atoms with Crippen molar-refractivity contribution in [2.24, 2.45) is 0 Å². The number of aliphatic hydroxyl groups excluding tert-OH is 2. The third-order valence-electron chi connectivity index (χ3n) is 18.9. The summed E-state index contributed by atoms with van der Waals surface area (Å²) >= 11 is 5.51. The van der Waals surface area contributed by atoms with Crippen molar-refractivity contribution in [1.82, 2.24) is 9.13 Å². The molecule has 0 spiro atoms. The summed E-state index contributed by atoms with van der Waals surface area (Å²) in [7, 11) is 0. The van der Waals surface area contributed by atoms with Gasteiger partial charge in [0.2, 0.25) is 5.24 Å². The maximum Gasteiger partial charge on any atom is 0.586 e. The molecule has 0 saturated heterocycles. The Morgan fingerprint density at radius 3 is 1.26 bits per heavy atom. The summed E-state index contributed by atoms with van der Waals surface area (Å²) < 4.78 is 129. The highest BCUT2D eigenvalue weighted by molar-refractivity contribution is 6.66. The number of nitrogen functional groups attached to an aromatic ring is 1. The van der Waals surface area contributed by atoms with Crippen LogP contribution in [0.1, 0.15) is 104 Å². The lowest BCUT2D eigenvalue weighted by molar-refractivity contribution is -0.287. The molecule has 2 aliphatic carbocycles. The molecule has 15 nitrogen and oxygen atoms in total. The summed E-state index contributed by atoms with van der Waals surface area (Å²) in [5, 5.41) is 23.0. The van der Waals surface area contributed by atoms with E-state index in [0.29, 0.717) is 87.5 Å². The van der Waals surface area contributed by atoms with E-state index >= 15 is 4.39 Å². The van der Waals surface area contributed by atoms with E-state index in [2.05, 4.69) is 32.8 Å². The number of carbonyl (C=O) groups excluding carboxylic acids is 2. The first-order valence-corrected chi connectivity index (χ1v) is 34.3. The van der Waals surface area contributed by atoms with Crippen molar-refractivity contribution in [3.8, 4) is 23.0 Å². The number of fused-ring (bicyclic) bond motifs is 4. The smallest absolute Gasteiger partial charge is 0.396 e. The standard InChI is InChI=1S/C41H40F3NO6.C29H33FN2O3.C11H7ClF2O3/c1-39(2,26-49-24-28-11-7-4-8-12-28)37-18-30-17-29(19-38(47)40(15-16-40)31-13-14-35-36(20-31)51-41(43,44)50-35)33(42)21-34(30)45(37)22-32(46)25-48-23-27-9-5-3-6-10-27;1-29(2,20-35-18-22-11-7-4-8-12-22)28-14-23-13-26(31)25(30)15-27(23)32(28)16-24(33)19-34-17-21-9-5-3-6-10-21;12-9(15)10(3-4-10)6-1-2-7-8(5-6)17-11(13,14)16-7/h3-14,17-18,20-21,32,46H,15-16,19,22-26H2,1-2H3;3-15,24,33H,16-20,31H2,1-2H3;1-2,5H,3-4H2/t32-;24-;/m11./s1. The minimum absolute atomic E-state index is 0.0310. The molecule has 2 aromatic heterocycles. The van der Waals surface area contributed by atoms with Gasteiger partial charge in [-0.1, -0.05) is 161 Å². The molecule has 0 radical (unpaired) electrons. The monoisotopic (exact) mass is 1440 g/mol. The van der Waals surface area contributed by atoms with Crippen molar-refractivity contribution in [3.05, 3.63) is 256 Å². The van der Waals surface area contributed by atoms with Crippen LogP contribution in [0.5, 0.6) is 23.0 Å². The van der Waals surface area contributed by atoms with Crippen LogP contribution in [0.2, 0.25) is 0 Å². The maximum absolute atomic E-state index is 16.0. The van der Waals surface area contributed by atoms with Gasteiger partial charge in [-0.15, -0.1) is 17.6 Å². The molecule has 2 saturated carbocycles. The highest BCUT2D eigenvalue weighted by Gasteiger charge is 2.54. The van der Waals surface area contributed by atoms with Crippen LogP contribution in [-0.4, -0.2) is 81.6 Å². The number of alkyl halides is 4. The molecule has 540 valence electrons. The zero-order valence-corrected chi connectivity index (χ0v) is 58.1. The van der Waals surface area contributed by atoms with Crippen LogP contribution in [0.4, 0.5) is 32.0 Å². The van der Waals surface area contributed by atoms with Crippen LogP contribution in [0.3, 0.4) is 0 Å². The molecule has 2 aliphatic heterocycles. The lowest BCUT2D eigenvalue weighted by Crippen LogP contribution is -2.30. The number of anilines is 1. The fourth-order valence-corrected chi connectivity index (χ4v) is 13.4. The molecule has 10 aromatic rings. The lowest BCUT2D eigenvalue weighted by atomic mass is 9.87. The maximum atomic E-state index is 16.0. The van der Waals surface area contributed by atoms with Crippen LogP contribution >= 0.6 is 11.6 Å². The highest BCUT2D eigenvalue weighted by Crippen LogP contribution is 2.54. The van der Waals surface area contributed by atoms with Crippen LogP contribution in [-0.2, 0) is 96.1 Å². The number of Topliss-reactive ketones (excluding diaryl/α,β-unsaturated/α-hetero) is 1. The molecule has 0 amide bonds. The predicted octanol–water partition coefficient (Wildman–Crippen LogP) is 16.3. The van der Waals surface area contributed by atoms with Crippen LogP contribution in [0, 0.1) is 11.6 Å². The number of halogens is 7. The summed E-state index contributed by atoms with van der Waals surface area (Å²) in [4.78, 5) is 25.1. The fraction of sp³-hybridized carbons (Fsp3) is 0.333. The van der Waals surface area contributed by atoms with Crippen molar-refractivity contribution < 1.29 is 84.0 Å². The van der Waals surface area contributed by atoms with Crippen molar-refractivity contribution >= 4 is 50.1 Å². The zero-order valence-electron chi connectivity index (χ0n) is 57.3. The predicted molar refractivity (Wildman–Crippen MR) is 377 cm³/mol. The van der Waals surface area contributed by atoms with Gasteiger partial charge >= 0.3 is 12.6 Å². The zero-order chi connectivity index (χ0) is 72.9. The number of benzene rings is 8. The van der Waals surface area contributed by atoms with Crippen molar-refractivity contribution in [2.45, 2.75) is 146 Å². The second-order valence-corrected chi connectivity index (χ2v) is 28.3. The lowest BCUT2D eigenvalue weighted by Gasteiger charge is -2.28. The molecule has 4 aliphatic rings. The average molecular weight is 1440 g/mol. The molecule has 0 bridgehead atoms. The van der Waals surface area contributed by atoms with E-state index in [4.69, 9.17) is 36.3 Å². The molecular weight excluding hydrogens is 1360 g/mol. The van der Waals surface area contributed by atoms with Gasteiger partial charge in [0, 0.05) is 45.5 Å². The Labute approximate surface area is 597 Å². The first-order chi connectivity index (χ1) is 49.2. The first kappa shape index (κ1) is 73.6. The van der Waals surface area contributed by atoms with Crippen molar-refractivity contribution in [3.63, 3.8) is 0 Å². The third kappa shape index (κ3) is 17.6. The van der Waals surface area contributed by atoms with Gasteiger partial charge in [0.15, 0.2) is 23.0 Å². The Kier molecular flexibility index (Phi) is 21.9. The van der Waals surface area contributed by atoms with Gasteiger partial charge in [0.05, 0.1) is 106 Å². The molecule has 0 unspecified atom stereocenters. The van der Waals surface area contributed by atoms with Crippen LogP contribution in [0.25, 0.3) is 21.8 Å². The molecule has 14 rings (SSSR count). The summed E-state index contributed by atoms with van der Waals surface area (Å²) in [6, 6.07) is 58.3. The second-order valence-electron chi connectivity index (χ2n) is 27.9. The number of hydrogen-bond donors (Lipinski definition) is 3. The SMILES string of the molecule is CC(C)(COCc1ccccc1)c1cc2cc(CC(=O)C3(c4ccc5c(c4)OC(F)(F)O5)CC3)c(F)cc2n1C[C@@H](O)COCc1ccccc1.CC(C)(COCc1ccccc1)c1cc2cc(N)c(F)cc2n1C[C@@H](O)COCc1ccccc1.O=C(Cl)C1(c2ccc3c(c2)OC(F)(F)O3)CC1. The third-order valence-corrected chi connectivity index (χ3v) is 19.3. The minimum atomic E-state index is -3.76. The number of rotatable bonds is 28. The van der Waals surface area contributed by atoms with Gasteiger partial charge in [-0.25, -0.2) is 8.78 Å². The first-order valence-electron chi connectivity index (χ1n) is 34.0. The van der Waals surface area contributed by atoms with Gasteiger partial charge in [-0.2, -0.15) is 0 Å². The summed E-state index contributed by atoms with van der Waals surface area (Å²) in [6.07, 6.45) is -6.92. The highest BCUT2D eigenvalue weighted by atomic mass is 35.5. The number of carbonyl (C=O) groups is 2. The number of hydrogen-bond acceptors (Lipinski definition) is 13. The average Bonchev–Trinajstić information content (AvgIpc) is 1.61. The topological polar surface area (TPSA) is 184 Å². The summed E-state index contributed by atoms with van der Waals surface area (Å²) in [5.41, 5.74) is 12.0. The molecule has 8 aromatic carbocycles. The van der Waals surface area contributed by atoms with Crippen molar-refractivity contribution in [2.75, 3.05) is 32.2 Å². The number of nitrogens with two attached hydrogens (primary N) is 1. The molecular formula is C81H80ClF6N3O12. The summed E-state index contributed by atoms with van der Waals surface area (Å²) in [5.74, 6) is -1.53. The Hall–Kier alpha value is -9.19. The number of aromatic nitrogens is 2. The molecule has 2 fully saturated rings. The Bertz CT molecular complexity index is 4630. The van der Waals surface area contributed by atoms with Crippen LogP contribution < -0.4 is 24.7 Å². The van der Waals surface area contributed by atoms with Gasteiger partial charge in [-0.3, -0.25) is 9.59 Å². The number of ether oxygens (including phenoxy) is 8. The van der Waals surface area contributed by atoms with E-state index in [1.165, 1.54) is 36.4 Å². The second kappa shape index (κ2) is 30.6. The van der Waals surface area contributed by atoms with Gasteiger partial charge in [0.25, 0.3) is 0 Å². The van der Waals surface area contributed by atoms with Gasteiger partial charge in [0.1, 0.15) is 17.4 Å². The summed E-state index contributed by atoms with van der Waals surface area (Å²) in [6.45, 7) is 11.4. The van der Waals surface area contributed by atoms with E-state index in [9.17, 15) is 41.8 Å². The number of ketones is 1. The molecule has 4 N–H and O–H groups in total. The van der Waals surface area contributed by atoms with Gasteiger partial charge < -0.3 is 63.0 Å². The molecule has 2 atom stereocenters. The van der Waals surface area contributed by atoms with Crippen molar-refractivity contribution in [1.29, 1.82) is 0 Å².